The molecule has 1 atom stereocenters. The Morgan fingerprint density at radius 2 is 2.38 bits per heavy atom. The molecule has 1 aliphatic rings. The van der Waals surface area contributed by atoms with Crippen LogP contribution in [0.25, 0.3) is 0 Å². The Morgan fingerprint density at radius 1 is 1.62 bits per heavy atom. The van der Waals surface area contributed by atoms with Crippen molar-refractivity contribution < 1.29 is 14.6 Å². The van der Waals surface area contributed by atoms with Crippen LogP contribution in [-0.2, 0) is 9.53 Å². The molecule has 0 aromatic rings. The van der Waals surface area contributed by atoms with Gasteiger partial charge < -0.3 is 9.84 Å². The first kappa shape index (κ1) is 10.5. The predicted molar refractivity (Wildman–Crippen MR) is 49.6 cm³/mol. The number of unbranched alkanes of at least 4 members (excludes halogenated alkanes) is 1. The fraction of sp³-hybridized carbons (Fsp3) is 0.900. The number of ether oxygens (including phenoxy) is 1. The molecule has 0 amide bonds. The lowest BCUT2D eigenvalue weighted by Crippen LogP contribution is -2.39. The van der Waals surface area contributed by atoms with E-state index in [1.165, 1.54) is 0 Å². The van der Waals surface area contributed by atoms with Gasteiger partial charge in [-0.2, -0.15) is 0 Å². The van der Waals surface area contributed by atoms with Crippen molar-refractivity contribution in [2.45, 2.75) is 39.0 Å². The highest BCUT2D eigenvalue weighted by Crippen LogP contribution is 2.34. The summed E-state index contributed by atoms with van der Waals surface area (Å²) >= 11 is 0. The number of carboxylic acid groups (broad SMARTS) is 1. The summed E-state index contributed by atoms with van der Waals surface area (Å²) in [4.78, 5) is 11.1. The Bertz CT molecular complexity index is 171. The van der Waals surface area contributed by atoms with Gasteiger partial charge in [-0.15, -0.1) is 0 Å². The largest absolute Gasteiger partial charge is 0.481 e. The van der Waals surface area contributed by atoms with Crippen molar-refractivity contribution in [3.63, 3.8) is 0 Å². The van der Waals surface area contributed by atoms with Crippen LogP contribution in [0, 0.1) is 5.41 Å². The molecule has 0 saturated carbocycles. The monoisotopic (exact) mass is 186 g/mol. The molecule has 0 aromatic carbocycles. The summed E-state index contributed by atoms with van der Waals surface area (Å²) in [5, 5.41) is 9.14. The molecule has 1 N–H and O–H groups in total. The molecule has 1 rings (SSSR count). The maximum Gasteiger partial charge on any atom is 0.311 e. The van der Waals surface area contributed by atoms with Gasteiger partial charge >= 0.3 is 5.97 Å². The molecule has 0 radical (unpaired) electrons. The Labute approximate surface area is 79.1 Å². The molecule has 1 fully saturated rings. The summed E-state index contributed by atoms with van der Waals surface area (Å²) in [6.45, 7) is 3.21. The minimum atomic E-state index is -0.680. The highest BCUT2D eigenvalue weighted by atomic mass is 16.5. The van der Waals surface area contributed by atoms with Crippen molar-refractivity contribution >= 4 is 5.97 Å². The summed E-state index contributed by atoms with van der Waals surface area (Å²) in [7, 11) is 0. The lowest BCUT2D eigenvalue weighted by atomic mass is 9.78. The van der Waals surface area contributed by atoms with Gasteiger partial charge in [-0.25, -0.2) is 0 Å². The Morgan fingerprint density at radius 3 is 2.85 bits per heavy atom. The fourth-order valence-electron chi connectivity index (χ4n) is 1.84. The minimum Gasteiger partial charge on any atom is -0.481 e. The molecule has 3 nitrogen and oxygen atoms in total. The molecule has 13 heavy (non-hydrogen) atoms. The standard InChI is InChI=1S/C10H18O3/c1-2-3-5-10(9(11)12)6-4-7-13-8-10/h2-8H2,1H3,(H,11,12). The zero-order valence-corrected chi connectivity index (χ0v) is 8.21. The highest BCUT2D eigenvalue weighted by Gasteiger charge is 2.39. The van der Waals surface area contributed by atoms with Crippen molar-refractivity contribution in [1.29, 1.82) is 0 Å². The second-order valence-corrected chi connectivity index (χ2v) is 3.85. The predicted octanol–water partition coefficient (Wildman–Crippen LogP) is 2.06. The average molecular weight is 186 g/mol. The first-order valence-corrected chi connectivity index (χ1v) is 5.02. The number of rotatable bonds is 4. The van der Waals surface area contributed by atoms with E-state index >= 15 is 0 Å². The molecule has 0 bridgehead atoms. The van der Waals surface area contributed by atoms with E-state index in [4.69, 9.17) is 9.84 Å². The van der Waals surface area contributed by atoms with Crippen molar-refractivity contribution in [2.24, 2.45) is 5.41 Å². The van der Waals surface area contributed by atoms with E-state index in [1.54, 1.807) is 0 Å². The molecular formula is C10H18O3. The van der Waals surface area contributed by atoms with Gasteiger partial charge in [0.05, 0.1) is 12.0 Å². The quantitative estimate of drug-likeness (QED) is 0.731. The number of hydrogen-bond donors (Lipinski definition) is 1. The summed E-state index contributed by atoms with van der Waals surface area (Å²) in [5.74, 6) is -0.680. The van der Waals surface area contributed by atoms with Gasteiger partial charge in [-0.3, -0.25) is 4.79 Å². The Balaban J connectivity index is 2.56. The number of aliphatic carboxylic acids is 1. The van der Waals surface area contributed by atoms with Gasteiger partial charge in [0, 0.05) is 6.61 Å². The topological polar surface area (TPSA) is 46.5 Å². The average Bonchev–Trinajstić information content (AvgIpc) is 2.16. The Hall–Kier alpha value is -0.570. The zero-order valence-electron chi connectivity index (χ0n) is 8.21. The van der Waals surface area contributed by atoms with Crippen LogP contribution in [0.4, 0.5) is 0 Å². The lowest BCUT2D eigenvalue weighted by molar-refractivity contribution is -0.158. The van der Waals surface area contributed by atoms with Gasteiger partial charge in [0.1, 0.15) is 0 Å². The number of hydrogen-bond acceptors (Lipinski definition) is 2. The summed E-state index contributed by atoms with van der Waals surface area (Å²) < 4.78 is 5.26. The number of carbonyl (C=O) groups is 1. The third-order valence-electron chi connectivity index (χ3n) is 2.78. The van der Waals surface area contributed by atoms with E-state index in [2.05, 4.69) is 6.92 Å². The second kappa shape index (κ2) is 4.61. The van der Waals surface area contributed by atoms with Gasteiger partial charge in [0.2, 0.25) is 0 Å². The fourth-order valence-corrected chi connectivity index (χ4v) is 1.84. The summed E-state index contributed by atoms with van der Waals surface area (Å²) in [6, 6.07) is 0. The molecule has 1 saturated heterocycles. The zero-order chi connectivity index (χ0) is 9.73. The van der Waals surface area contributed by atoms with E-state index in [1.807, 2.05) is 0 Å². The van der Waals surface area contributed by atoms with Crippen molar-refractivity contribution in [3.05, 3.63) is 0 Å². The first-order chi connectivity index (χ1) is 6.21. The van der Waals surface area contributed by atoms with Gasteiger partial charge in [0.15, 0.2) is 0 Å². The first-order valence-electron chi connectivity index (χ1n) is 5.02. The number of carboxylic acids is 1. The minimum absolute atomic E-state index is 0.405. The van der Waals surface area contributed by atoms with Crippen LogP contribution in [0.3, 0.4) is 0 Å². The lowest BCUT2D eigenvalue weighted by Gasteiger charge is -2.32. The molecule has 1 heterocycles. The van der Waals surface area contributed by atoms with Crippen LogP contribution in [0.2, 0.25) is 0 Å². The van der Waals surface area contributed by atoms with Crippen LogP contribution in [0.5, 0.6) is 0 Å². The van der Waals surface area contributed by atoms with Crippen molar-refractivity contribution in [2.75, 3.05) is 13.2 Å². The normalized spacial score (nSPS) is 28.7. The molecule has 1 unspecified atom stereocenters. The van der Waals surface area contributed by atoms with E-state index < -0.39 is 11.4 Å². The van der Waals surface area contributed by atoms with Gasteiger partial charge in [-0.1, -0.05) is 19.8 Å². The van der Waals surface area contributed by atoms with Gasteiger partial charge in [-0.05, 0) is 19.3 Å². The van der Waals surface area contributed by atoms with Crippen LogP contribution < -0.4 is 0 Å². The third-order valence-corrected chi connectivity index (χ3v) is 2.78. The SMILES string of the molecule is CCCCC1(C(=O)O)CCCOC1. The van der Waals surface area contributed by atoms with Crippen molar-refractivity contribution in [1.82, 2.24) is 0 Å². The van der Waals surface area contributed by atoms with Crippen LogP contribution in [-0.4, -0.2) is 24.3 Å². The molecule has 76 valence electrons. The molecule has 0 spiro atoms. The van der Waals surface area contributed by atoms with Crippen LogP contribution >= 0.6 is 0 Å². The molecular weight excluding hydrogens is 168 g/mol. The molecule has 0 aliphatic carbocycles. The highest BCUT2D eigenvalue weighted by molar-refractivity contribution is 5.74. The van der Waals surface area contributed by atoms with Crippen molar-refractivity contribution in [3.8, 4) is 0 Å². The maximum atomic E-state index is 11.1. The van der Waals surface area contributed by atoms with E-state index in [0.717, 1.165) is 38.7 Å². The van der Waals surface area contributed by atoms with E-state index in [-0.39, 0.29) is 0 Å². The van der Waals surface area contributed by atoms with E-state index in [0.29, 0.717) is 6.61 Å². The Kier molecular flexibility index (Phi) is 3.72. The van der Waals surface area contributed by atoms with Crippen LogP contribution in [0.15, 0.2) is 0 Å². The summed E-state index contributed by atoms with van der Waals surface area (Å²) in [5.41, 5.74) is -0.575. The molecule has 1 aliphatic heterocycles. The smallest absolute Gasteiger partial charge is 0.311 e. The molecule has 0 aromatic heterocycles. The molecule has 3 heteroatoms. The third kappa shape index (κ3) is 2.44. The van der Waals surface area contributed by atoms with E-state index in [9.17, 15) is 4.79 Å². The van der Waals surface area contributed by atoms with Gasteiger partial charge in [0.25, 0.3) is 0 Å². The second-order valence-electron chi connectivity index (χ2n) is 3.85. The van der Waals surface area contributed by atoms with Crippen LogP contribution in [0.1, 0.15) is 39.0 Å². The summed E-state index contributed by atoms with van der Waals surface area (Å²) in [6.07, 6.45) is 4.46. The maximum absolute atomic E-state index is 11.1.